The summed E-state index contributed by atoms with van der Waals surface area (Å²) in [5, 5.41) is 0. The molecule has 1 fully saturated rings. The molecule has 0 bridgehead atoms. The average molecular weight is 263 g/mol. The zero-order valence-electron chi connectivity index (χ0n) is 11.6. The summed E-state index contributed by atoms with van der Waals surface area (Å²) in [6.45, 7) is 2.66. The van der Waals surface area contributed by atoms with Crippen molar-refractivity contribution in [3.05, 3.63) is 23.5 Å². The number of hydrogen-bond acceptors (Lipinski definition) is 3. The van der Waals surface area contributed by atoms with Gasteiger partial charge in [0.15, 0.2) is 5.78 Å². The van der Waals surface area contributed by atoms with Crippen molar-refractivity contribution in [2.24, 2.45) is 5.92 Å². The quantitative estimate of drug-likeness (QED) is 0.619. The molecule has 104 valence electrons. The number of nitrogens with zero attached hydrogens (tertiary/aromatic N) is 1. The smallest absolute Gasteiger partial charge is 0.339 e. The lowest BCUT2D eigenvalue weighted by Crippen LogP contribution is -2.20. The molecule has 19 heavy (non-hydrogen) atoms. The van der Waals surface area contributed by atoms with Gasteiger partial charge in [-0.05, 0) is 25.8 Å². The minimum atomic E-state index is -0.384. The van der Waals surface area contributed by atoms with Crippen LogP contribution in [0.15, 0.2) is 12.3 Å². The third-order valence-corrected chi connectivity index (χ3v) is 3.89. The van der Waals surface area contributed by atoms with Crippen LogP contribution < -0.4 is 0 Å². The lowest BCUT2D eigenvalue weighted by atomic mass is 9.85. The molecule has 4 nitrogen and oxygen atoms in total. The Hall–Kier alpha value is -1.58. The summed E-state index contributed by atoms with van der Waals surface area (Å²) in [5.41, 5.74) is 1.11. The summed E-state index contributed by atoms with van der Waals surface area (Å²) in [6, 6.07) is 1.67. The van der Waals surface area contributed by atoms with E-state index in [1.54, 1.807) is 12.3 Å². The van der Waals surface area contributed by atoms with E-state index in [1.807, 2.05) is 11.5 Å². The molecule has 1 aliphatic rings. The van der Waals surface area contributed by atoms with Crippen molar-refractivity contribution in [3.63, 3.8) is 0 Å². The Morgan fingerprint density at radius 2 is 2.00 bits per heavy atom. The fraction of sp³-hybridized carbons (Fsp3) is 0.600. The second kappa shape index (κ2) is 6.04. The van der Waals surface area contributed by atoms with Crippen LogP contribution in [0, 0.1) is 5.92 Å². The maximum atomic E-state index is 12.5. The van der Waals surface area contributed by atoms with E-state index in [0.29, 0.717) is 17.8 Å². The van der Waals surface area contributed by atoms with Gasteiger partial charge in [0.05, 0.1) is 18.4 Å². The van der Waals surface area contributed by atoms with Crippen LogP contribution in [0.2, 0.25) is 0 Å². The highest BCUT2D eigenvalue weighted by molar-refractivity contribution is 5.99. The fourth-order valence-corrected chi connectivity index (χ4v) is 2.78. The van der Waals surface area contributed by atoms with E-state index < -0.39 is 0 Å². The number of ketones is 1. The number of aromatic nitrogens is 1. The number of carbonyl (C=O) groups excluding carboxylic acids is 2. The van der Waals surface area contributed by atoms with Gasteiger partial charge in [0.1, 0.15) is 0 Å². The predicted octanol–water partition coefficient (Wildman–Crippen LogP) is 3.06. The van der Waals surface area contributed by atoms with Crippen molar-refractivity contribution in [3.8, 4) is 0 Å². The Bertz CT molecular complexity index is 470. The van der Waals surface area contributed by atoms with Gasteiger partial charge in [-0.2, -0.15) is 0 Å². The molecule has 2 rings (SSSR count). The topological polar surface area (TPSA) is 48.3 Å². The molecule has 0 spiro atoms. The van der Waals surface area contributed by atoms with Gasteiger partial charge < -0.3 is 9.30 Å². The Balaban J connectivity index is 2.24. The summed E-state index contributed by atoms with van der Waals surface area (Å²) in [7, 11) is 1.36. The van der Waals surface area contributed by atoms with Crippen LogP contribution in [0.3, 0.4) is 0 Å². The monoisotopic (exact) mass is 263 g/mol. The van der Waals surface area contributed by atoms with Gasteiger partial charge >= 0.3 is 5.97 Å². The summed E-state index contributed by atoms with van der Waals surface area (Å²) in [6.07, 6.45) is 7.15. The highest BCUT2D eigenvalue weighted by atomic mass is 16.5. The highest BCUT2D eigenvalue weighted by Crippen LogP contribution is 2.27. The van der Waals surface area contributed by atoms with Crippen molar-refractivity contribution in [2.45, 2.75) is 45.6 Å². The molecule has 0 aromatic carbocycles. The molecule has 0 aliphatic heterocycles. The van der Waals surface area contributed by atoms with Crippen LogP contribution >= 0.6 is 0 Å². The summed E-state index contributed by atoms with van der Waals surface area (Å²) >= 11 is 0. The first kappa shape index (κ1) is 13.8. The first-order valence-corrected chi connectivity index (χ1v) is 7.00. The Morgan fingerprint density at radius 3 is 2.58 bits per heavy atom. The lowest BCUT2D eigenvalue weighted by molar-refractivity contribution is 0.0600. The van der Waals surface area contributed by atoms with Gasteiger partial charge in [0, 0.05) is 18.7 Å². The molecule has 1 aliphatic carbocycles. The largest absolute Gasteiger partial charge is 0.465 e. The number of esters is 1. The van der Waals surface area contributed by atoms with E-state index in [0.717, 1.165) is 25.7 Å². The van der Waals surface area contributed by atoms with E-state index in [9.17, 15) is 9.59 Å². The molecular weight excluding hydrogens is 242 g/mol. The molecule has 0 atom stereocenters. The Kier molecular flexibility index (Phi) is 4.40. The zero-order chi connectivity index (χ0) is 13.8. The minimum Gasteiger partial charge on any atom is -0.465 e. The van der Waals surface area contributed by atoms with Crippen molar-refractivity contribution in [2.75, 3.05) is 7.11 Å². The summed E-state index contributed by atoms with van der Waals surface area (Å²) in [5.74, 6) is -0.0824. The molecule has 1 aromatic rings. The minimum absolute atomic E-state index is 0.124. The van der Waals surface area contributed by atoms with Crippen LogP contribution in [-0.2, 0) is 11.3 Å². The first-order valence-electron chi connectivity index (χ1n) is 7.00. The van der Waals surface area contributed by atoms with E-state index in [-0.39, 0.29) is 17.7 Å². The van der Waals surface area contributed by atoms with Gasteiger partial charge in [-0.15, -0.1) is 0 Å². The van der Waals surface area contributed by atoms with Gasteiger partial charge in [-0.3, -0.25) is 4.79 Å². The van der Waals surface area contributed by atoms with Crippen molar-refractivity contribution in [1.82, 2.24) is 4.57 Å². The number of rotatable bonds is 4. The number of methoxy groups -OCH3 is 1. The molecule has 0 unspecified atom stereocenters. The standard InChI is InChI=1S/C15H21NO3/c1-3-16-10-12(15(18)19-2)9-13(16)14(17)11-7-5-4-6-8-11/h9-11H,3-8H2,1-2H3. The van der Waals surface area contributed by atoms with E-state index in [2.05, 4.69) is 0 Å². The maximum Gasteiger partial charge on any atom is 0.339 e. The number of hydrogen-bond donors (Lipinski definition) is 0. The highest BCUT2D eigenvalue weighted by Gasteiger charge is 2.25. The zero-order valence-corrected chi connectivity index (χ0v) is 11.6. The summed E-state index contributed by atoms with van der Waals surface area (Å²) < 4.78 is 6.56. The van der Waals surface area contributed by atoms with Gasteiger partial charge in [-0.25, -0.2) is 4.79 Å². The van der Waals surface area contributed by atoms with Crippen LogP contribution in [0.4, 0.5) is 0 Å². The molecule has 0 amide bonds. The molecule has 4 heteroatoms. The van der Waals surface area contributed by atoms with Crippen LogP contribution in [0.25, 0.3) is 0 Å². The second-order valence-corrected chi connectivity index (χ2v) is 5.09. The van der Waals surface area contributed by atoms with Gasteiger partial charge in [0.25, 0.3) is 0 Å². The van der Waals surface area contributed by atoms with Crippen molar-refractivity contribution >= 4 is 11.8 Å². The summed E-state index contributed by atoms with van der Waals surface area (Å²) in [4.78, 5) is 24.1. The van der Waals surface area contributed by atoms with E-state index >= 15 is 0 Å². The lowest BCUT2D eigenvalue weighted by Gasteiger charge is -2.20. The molecule has 0 N–H and O–H groups in total. The van der Waals surface area contributed by atoms with Gasteiger partial charge in [-0.1, -0.05) is 19.3 Å². The Morgan fingerprint density at radius 1 is 1.32 bits per heavy atom. The van der Waals surface area contributed by atoms with Crippen LogP contribution in [0.5, 0.6) is 0 Å². The van der Waals surface area contributed by atoms with Crippen LogP contribution in [-0.4, -0.2) is 23.4 Å². The molecule has 1 aromatic heterocycles. The van der Waals surface area contributed by atoms with Crippen molar-refractivity contribution in [1.29, 1.82) is 0 Å². The SMILES string of the molecule is CCn1cc(C(=O)OC)cc1C(=O)C1CCCCC1. The number of carbonyl (C=O) groups is 2. The molecule has 1 saturated carbocycles. The molecule has 1 heterocycles. The maximum absolute atomic E-state index is 12.5. The van der Waals surface area contributed by atoms with E-state index in [1.165, 1.54) is 13.5 Å². The number of ether oxygens (including phenoxy) is 1. The van der Waals surface area contributed by atoms with Crippen LogP contribution in [0.1, 0.15) is 59.9 Å². The van der Waals surface area contributed by atoms with Crippen molar-refractivity contribution < 1.29 is 14.3 Å². The van der Waals surface area contributed by atoms with Gasteiger partial charge in [0.2, 0.25) is 0 Å². The fourth-order valence-electron chi connectivity index (χ4n) is 2.78. The third-order valence-electron chi connectivity index (χ3n) is 3.89. The second-order valence-electron chi connectivity index (χ2n) is 5.09. The number of aryl methyl sites for hydroxylation is 1. The first-order chi connectivity index (χ1) is 9.17. The number of Topliss-reactive ketones (excluding diaryl/α,β-unsaturated/α-hetero) is 1. The van der Waals surface area contributed by atoms with E-state index in [4.69, 9.17) is 4.74 Å². The Labute approximate surface area is 113 Å². The molecule has 0 radical (unpaired) electrons. The normalized spacial score (nSPS) is 16.3. The third kappa shape index (κ3) is 2.88. The molecular formula is C15H21NO3. The molecule has 0 saturated heterocycles. The average Bonchev–Trinajstić information content (AvgIpc) is 2.90. The predicted molar refractivity (Wildman–Crippen MR) is 72.4 cm³/mol.